The quantitative estimate of drug-likeness (QED) is 0.512. The van der Waals surface area contributed by atoms with Crippen LogP contribution in [0.2, 0.25) is 0 Å². The molecule has 0 unspecified atom stereocenters. The van der Waals surface area contributed by atoms with Crippen molar-refractivity contribution in [2.75, 3.05) is 20.7 Å². The molecule has 0 radical (unpaired) electrons. The highest BCUT2D eigenvalue weighted by Crippen LogP contribution is 2.01. The van der Waals surface area contributed by atoms with E-state index in [9.17, 15) is 9.59 Å². The van der Waals surface area contributed by atoms with Crippen molar-refractivity contribution < 1.29 is 14.3 Å². The fourth-order valence-corrected chi connectivity index (χ4v) is 1.16. The number of allylic oxidation sites excluding steroid dienone is 1. The molecule has 0 aliphatic carbocycles. The number of amides is 1. The molecule has 0 aromatic carbocycles. The van der Waals surface area contributed by atoms with Gasteiger partial charge in [0.15, 0.2) is 0 Å². The zero-order valence-electron chi connectivity index (χ0n) is 9.87. The van der Waals surface area contributed by atoms with Crippen LogP contribution in [0.4, 0.5) is 0 Å². The van der Waals surface area contributed by atoms with E-state index in [1.54, 1.807) is 14.0 Å². The van der Waals surface area contributed by atoms with Gasteiger partial charge in [0.2, 0.25) is 5.91 Å². The summed E-state index contributed by atoms with van der Waals surface area (Å²) in [5.74, 6) is -0.340. The molecule has 0 saturated carbocycles. The van der Waals surface area contributed by atoms with Gasteiger partial charge >= 0.3 is 5.97 Å². The minimum Gasteiger partial charge on any atom is -0.469 e. The van der Waals surface area contributed by atoms with Crippen LogP contribution in [0.25, 0.3) is 0 Å². The zero-order chi connectivity index (χ0) is 11.8. The average molecular weight is 213 g/mol. The van der Waals surface area contributed by atoms with Gasteiger partial charge in [-0.05, 0) is 13.3 Å². The van der Waals surface area contributed by atoms with Gasteiger partial charge in [-0.15, -0.1) is 0 Å². The van der Waals surface area contributed by atoms with Crippen LogP contribution in [0.3, 0.4) is 0 Å². The fourth-order valence-electron chi connectivity index (χ4n) is 1.16. The van der Waals surface area contributed by atoms with Gasteiger partial charge < -0.3 is 9.64 Å². The number of likely N-dealkylation sites (N-methyl/N-ethyl adjacent to an activating group) is 1. The predicted octanol–water partition coefficient (Wildman–Crippen LogP) is 1.36. The number of esters is 1. The molecule has 0 aliphatic rings. The number of hydrogen-bond donors (Lipinski definition) is 0. The van der Waals surface area contributed by atoms with Gasteiger partial charge in [-0.3, -0.25) is 9.59 Å². The second kappa shape index (κ2) is 7.04. The first kappa shape index (κ1) is 13.7. The van der Waals surface area contributed by atoms with E-state index in [0.717, 1.165) is 6.42 Å². The van der Waals surface area contributed by atoms with Gasteiger partial charge in [-0.2, -0.15) is 0 Å². The minimum absolute atomic E-state index is 0.0410. The van der Waals surface area contributed by atoms with Crippen LogP contribution in [0.5, 0.6) is 0 Å². The lowest BCUT2D eigenvalue weighted by atomic mass is 10.2. The molecule has 0 heterocycles. The molecular formula is C11H19NO3. The van der Waals surface area contributed by atoms with Crippen molar-refractivity contribution in [1.29, 1.82) is 0 Å². The van der Waals surface area contributed by atoms with E-state index < -0.39 is 0 Å². The van der Waals surface area contributed by atoms with E-state index in [-0.39, 0.29) is 18.3 Å². The molecule has 1 amide bonds. The molecule has 0 aromatic heterocycles. The number of ether oxygens (including phenoxy) is 1. The summed E-state index contributed by atoms with van der Waals surface area (Å²) in [7, 11) is 3.02. The normalized spacial score (nSPS) is 11.1. The fraction of sp³-hybridized carbons (Fsp3) is 0.636. The smallest absolute Gasteiger partial charge is 0.307 e. The standard InChI is InChI=1S/C11H19NO3/c1-5-6-9(2)11(14)12(3)8-7-10(13)15-4/h6H,5,7-8H2,1-4H3. The monoisotopic (exact) mass is 213 g/mol. The second-order valence-corrected chi connectivity index (χ2v) is 3.35. The summed E-state index contributed by atoms with van der Waals surface area (Å²) in [6.07, 6.45) is 2.94. The maximum atomic E-state index is 11.6. The molecule has 0 aromatic rings. The second-order valence-electron chi connectivity index (χ2n) is 3.35. The molecule has 0 saturated heterocycles. The lowest BCUT2D eigenvalue weighted by Crippen LogP contribution is -2.29. The van der Waals surface area contributed by atoms with Crippen LogP contribution in [0.1, 0.15) is 26.7 Å². The first-order valence-electron chi connectivity index (χ1n) is 5.02. The van der Waals surface area contributed by atoms with E-state index in [0.29, 0.717) is 12.1 Å². The van der Waals surface area contributed by atoms with Crippen molar-refractivity contribution in [2.24, 2.45) is 0 Å². The highest BCUT2D eigenvalue weighted by atomic mass is 16.5. The molecule has 0 N–H and O–H groups in total. The van der Waals surface area contributed by atoms with Crippen molar-refractivity contribution in [2.45, 2.75) is 26.7 Å². The largest absolute Gasteiger partial charge is 0.469 e. The average Bonchev–Trinajstić information content (AvgIpc) is 2.24. The Bertz CT molecular complexity index is 259. The van der Waals surface area contributed by atoms with Crippen molar-refractivity contribution >= 4 is 11.9 Å². The number of rotatable bonds is 5. The molecular weight excluding hydrogens is 194 g/mol. The van der Waals surface area contributed by atoms with E-state index in [1.807, 2.05) is 13.0 Å². The van der Waals surface area contributed by atoms with Gasteiger partial charge in [-0.25, -0.2) is 0 Å². The summed E-state index contributed by atoms with van der Waals surface area (Å²) in [6.45, 7) is 4.14. The molecule has 0 atom stereocenters. The SMILES string of the molecule is CCC=C(C)C(=O)N(C)CCC(=O)OC. The van der Waals surface area contributed by atoms with Crippen molar-refractivity contribution in [3.05, 3.63) is 11.6 Å². The van der Waals surface area contributed by atoms with Crippen LogP contribution in [0.15, 0.2) is 11.6 Å². The molecule has 0 rings (SSSR count). The highest BCUT2D eigenvalue weighted by Gasteiger charge is 2.11. The van der Waals surface area contributed by atoms with Gasteiger partial charge in [0, 0.05) is 19.2 Å². The first-order valence-corrected chi connectivity index (χ1v) is 5.02. The van der Waals surface area contributed by atoms with E-state index in [1.165, 1.54) is 12.0 Å². The number of methoxy groups -OCH3 is 1. The summed E-state index contributed by atoms with van der Waals surface area (Å²) in [5.41, 5.74) is 0.713. The zero-order valence-corrected chi connectivity index (χ0v) is 9.87. The summed E-state index contributed by atoms with van der Waals surface area (Å²) >= 11 is 0. The van der Waals surface area contributed by atoms with Crippen molar-refractivity contribution in [1.82, 2.24) is 4.90 Å². The lowest BCUT2D eigenvalue weighted by Gasteiger charge is -2.16. The molecule has 15 heavy (non-hydrogen) atoms. The van der Waals surface area contributed by atoms with Crippen LogP contribution in [-0.4, -0.2) is 37.5 Å². The topological polar surface area (TPSA) is 46.6 Å². The Morgan fingerprint density at radius 1 is 1.40 bits per heavy atom. The van der Waals surface area contributed by atoms with E-state index in [4.69, 9.17) is 0 Å². The molecule has 4 nitrogen and oxygen atoms in total. The summed E-state index contributed by atoms with van der Waals surface area (Å²) < 4.78 is 4.50. The van der Waals surface area contributed by atoms with Crippen LogP contribution in [0, 0.1) is 0 Å². The van der Waals surface area contributed by atoms with Gasteiger partial charge in [0.1, 0.15) is 0 Å². The third kappa shape index (κ3) is 5.20. The van der Waals surface area contributed by atoms with Gasteiger partial charge in [-0.1, -0.05) is 13.0 Å². The minimum atomic E-state index is -0.299. The third-order valence-electron chi connectivity index (χ3n) is 2.07. The van der Waals surface area contributed by atoms with Gasteiger partial charge in [0.25, 0.3) is 0 Å². The van der Waals surface area contributed by atoms with E-state index >= 15 is 0 Å². The molecule has 0 aliphatic heterocycles. The highest BCUT2D eigenvalue weighted by molar-refractivity contribution is 5.92. The van der Waals surface area contributed by atoms with Crippen LogP contribution in [-0.2, 0) is 14.3 Å². The third-order valence-corrected chi connectivity index (χ3v) is 2.07. The predicted molar refractivity (Wildman–Crippen MR) is 58.3 cm³/mol. The molecule has 4 heteroatoms. The number of carbonyl (C=O) groups is 2. The van der Waals surface area contributed by atoms with Gasteiger partial charge in [0.05, 0.1) is 13.5 Å². The Kier molecular flexibility index (Phi) is 6.42. The molecule has 0 spiro atoms. The number of hydrogen-bond acceptors (Lipinski definition) is 3. The van der Waals surface area contributed by atoms with Crippen molar-refractivity contribution in [3.63, 3.8) is 0 Å². The summed E-state index contributed by atoms with van der Waals surface area (Å²) in [6, 6.07) is 0. The summed E-state index contributed by atoms with van der Waals surface area (Å²) in [5, 5.41) is 0. The Hall–Kier alpha value is -1.32. The molecule has 0 fully saturated rings. The maximum absolute atomic E-state index is 11.6. The Labute approximate surface area is 90.9 Å². The molecule has 0 bridgehead atoms. The Morgan fingerprint density at radius 2 is 2.00 bits per heavy atom. The molecule has 86 valence electrons. The number of nitrogens with zero attached hydrogens (tertiary/aromatic N) is 1. The van der Waals surface area contributed by atoms with Crippen LogP contribution < -0.4 is 0 Å². The lowest BCUT2D eigenvalue weighted by molar-refractivity contribution is -0.141. The Balaban J connectivity index is 4.10. The number of carbonyl (C=O) groups excluding carboxylic acids is 2. The summed E-state index contributed by atoms with van der Waals surface area (Å²) in [4.78, 5) is 24.0. The van der Waals surface area contributed by atoms with Crippen molar-refractivity contribution in [3.8, 4) is 0 Å². The first-order chi connectivity index (χ1) is 7.02. The van der Waals surface area contributed by atoms with E-state index in [2.05, 4.69) is 4.74 Å². The Morgan fingerprint density at radius 3 is 2.47 bits per heavy atom. The maximum Gasteiger partial charge on any atom is 0.307 e. The van der Waals surface area contributed by atoms with Crippen LogP contribution >= 0.6 is 0 Å².